The number of hydrogen-bond donors (Lipinski definition) is 3. The van der Waals surface area contributed by atoms with Crippen LogP contribution in [-0.4, -0.2) is 55.9 Å². The van der Waals surface area contributed by atoms with Gasteiger partial charge in [-0.25, -0.2) is 9.36 Å². The van der Waals surface area contributed by atoms with Crippen LogP contribution in [0.2, 0.25) is 0 Å². The lowest BCUT2D eigenvalue weighted by Gasteiger charge is -2.32. The van der Waals surface area contributed by atoms with Crippen molar-refractivity contribution in [2.45, 2.75) is 36.7 Å². The Morgan fingerprint density at radius 3 is 2.94 bits per heavy atom. The maximum absolute atomic E-state index is 13.1. The van der Waals surface area contributed by atoms with Crippen LogP contribution in [0.5, 0.6) is 0 Å². The molecular weight excluding hydrogens is 543 g/mol. The number of aliphatic hydroxyl groups excluding tert-OH is 2. The van der Waals surface area contributed by atoms with E-state index in [-0.39, 0.29) is 6.61 Å². The van der Waals surface area contributed by atoms with Gasteiger partial charge in [-0.2, -0.15) is 0 Å². The molecule has 0 bridgehead atoms. The van der Waals surface area contributed by atoms with Crippen molar-refractivity contribution in [2.75, 3.05) is 13.2 Å². The first-order valence-corrected chi connectivity index (χ1v) is 12.0. The number of rotatable bonds is 6. The van der Waals surface area contributed by atoms with Gasteiger partial charge in [-0.1, -0.05) is 5.11 Å². The predicted molar refractivity (Wildman–Crippen MR) is 115 cm³/mol. The molecule has 2 fully saturated rings. The second-order valence-electron chi connectivity index (χ2n) is 7.37. The van der Waals surface area contributed by atoms with Crippen molar-refractivity contribution in [1.82, 2.24) is 14.5 Å². The Balaban J connectivity index is 1.55. The van der Waals surface area contributed by atoms with E-state index in [1.54, 1.807) is 12.3 Å². The van der Waals surface area contributed by atoms with Crippen molar-refractivity contribution in [2.24, 2.45) is 5.11 Å². The molecule has 3 N–H and O–H groups in total. The first kappa shape index (κ1) is 24.7. The van der Waals surface area contributed by atoms with Crippen LogP contribution in [0.1, 0.15) is 24.3 Å². The average molecular weight is 561 g/mol. The van der Waals surface area contributed by atoms with Gasteiger partial charge in [0.2, 0.25) is 5.72 Å². The number of hydrogen-bond acceptors (Lipinski definition) is 11. The zero-order chi connectivity index (χ0) is 24.5. The number of aliphatic hydroxyl groups is 2. The number of ether oxygens (including phenoxy) is 1. The van der Waals surface area contributed by atoms with E-state index in [2.05, 4.69) is 30.9 Å². The van der Waals surface area contributed by atoms with Gasteiger partial charge in [0.15, 0.2) is 6.23 Å². The van der Waals surface area contributed by atoms with Crippen molar-refractivity contribution in [3.63, 3.8) is 0 Å². The summed E-state index contributed by atoms with van der Waals surface area (Å²) in [6.07, 6.45) is -1.48. The lowest BCUT2D eigenvalue weighted by Crippen LogP contribution is -2.45. The average Bonchev–Trinajstić information content (AvgIpc) is 3.04. The highest BCUT2D eigenvalue weighted by atomic mass is 79.9. The molecular formula is C17H18BrN6O9P. The van der Waals surface area contributed by atoms with E-state index < -0.39 is 55.9 Å². The molecule has 0 saturated carbocycles. The Bertz CT molecular complexity index is 1280. The summed E-state index contributed by atoms with van der Waals surface area (Å²) >= 11 is 3.30. The van der Waals surface area contributed by atoms with Gasteiger partial charge >= 0.3 is 13.5 Å². The minimum absolute atomic E-state index is 0.00437. The monoisotopic (exact) mass is 560 g/mol. The quantitative estimate of drug-likeness (QED) is 0.199. The Morgan fingerprint density at radius 2 is 2.24 bits per heavy atom. The highest BCUT2D eigenvalue weighted by Crippen LogP contribution is 2.58. The predicted octanol–water partition coefficient (Wildman–Crippen LogP) is 1.25. The summed E-state index contributed by atoms with van der Waals surface area (Å²) in [5.41, 5.74) is 5.70. The molecule has 1 unspecified atom stereocenters. The van der Waals surface area contributed by atoms with Gasteiger partial charge in [0.25, 0.3) is 5.56 Å². The topological polar surface area (TPSA) is 211 Å². The molecule has 2 aliphatic rings. The fraction of sp³-hybridized carbons (Fsp3) is 0.471. The van der Waals surface area contributed by atoms with Gasteiger partial charge in [-0.05, 0) is 27.5 Å². The van der Waals surface area contributed by atoms with Crippen LogP contribution in [0.25, 0.3) is 10.4 Å². The molecule has 2 aromatic heterocycles. The van der Waals surface area contributed by atoms with Crippen LogP contribution < -0.4 is 11.2 Å². The first-order chi connectivity index (χ1) is 16.2. The molecule has 0 radical (unpaired) electrons. The number of halogens is 1. The molecule has 4 rings (SSSR count). The summed E-state index contributed by atoms with van der Waals surface area (Å²) in [7, 11) is -4.24. The summed E-state index contributed by atoms with van der Waals surface area (Å²) < 4.78 is 36.1. The zero-order valence-corrected chi connectivity index (χ0v) is 19.6. The van der Waals surface area contributed by atoms with Crippen LogP contribution >= 0.6 is 23.8 Å². The molecule has 6 atom stereocenters. The van der Waals surface area contributed by atoms with Crippen molar-refractivity contribution in [1.29, 1.82) is 0 Å². The lowest BCUT2D eigenvalue weighted by molar-refractivity contribution is -0.127. The maximum atomic E-state index is 13.1. The SMILES string of the molecule is [N-]=[N+]=N[C@]1(COP2(=O)OCC[C@@H](c3cncc(Br)c3)O2)O[C@@H](n2ccc(=O)[nH]c2=O)[C@H](O)[C@@H]1O. The Labute approximate surface area is 198 Å². The van der Waals surface area contributed by atoms with E-state index in [9.17, 15) is 24.4 Å². The summed E-state index contributed by atoms with van der Waals surface area (Å²) in [6.45, 7) is -0.852. The van der Waals surface area contributed by atoms with Gasteiger partial charge in [0, 0.05) is 46.0 Å². The highest BCUT2D eigenvalue weighted by molar-refractivity contribution is 9.10. The minimum Gasteiger partial charge on any atom is -0.387 e. The largest absolute Gasteiger partial charge is 0.475 e. The normalized spacial score (nSPS) is 33.4. The highest BCUT2D eigenvalue weighted by Gasteiger charge is 2.56. The van der Waals surface area contributed by atoms with Crippen LogP contribution in [0.3, 0.4) is 0 Å². The molecule has 15 nitrogen and oxygen atoms in total. The molecule has 4 heterocycles. The van der Waals surface area contributed by atoms with Crippen LogP contribution in [0.15, 0.2) is 49.9 Å². The van der Waals surface area contributed by atoms with Crippen molar-refractivity contribution >= 4 is 23.8 Å². The van der Waals surface area contributed by atoms with Gasteiger partial charge in [-0.3, -0.25) is 32.9 Å². The second kappa shape index (κ2) is 9.70. The third kappa shape index (κ3) is 4.86. The van der Waals surface area contributed by atoms with Gasteiger partial charge in [0.05, 0.1) is 19.3 Å². The Kier molecular flexibility index (Phi) is 7.05. The van der Waals surface area contributed by atoms with Crippen LogP contribution in [-0.2, 0) is 22.9 Å². The number of phosphoric acid groups is 1. The molecule has 2 aliphatic heterocycles. The number of aromatic amines is 1. The Hall–Kier alpha value is -2.39. The van der Waals surface area contributed by atoms with E-state index in [4.69, 9.17) is 23.8 Å². The summed E-state index contributed by atoms with van der Waals surface area (Å²) in [5, 5.41) is 24.5. The third-order valence-electron chi connectivity index (χ3n) is 5.16. The smallest absolute Gasteiger partial charge is 0.387 e. The van der Waals surface area contributed by atoms with Crippen molar-refractivity contribution < 1.29 is 33.1 Å². The third-order valence-corrected chi connectivity index (χ3v) is 7.05. The lowest BCUT2D eigenvalue weighted by atomic mass is 10.1. The van der Waals surface area contributed by atoms with Crippen molar-refractivity contribution in [3.05, 3.63) is 72.0 Å². The molecule has 17 heteroatoms. The Morgan fingerprint density at radius 1 is 1.44 bits per heavy atom. The molecule has 2 saturated heterocycles. The number of H-pyrrole nitrogens is 1. The maximum Gasteiger partial charge on any atom is 0.475 e. The van der Waals surface area contributed by atoms with E-state index >= 15 is 0 Å². The summed E-state index contributed by atoms with van der Waals surface area (Å²) in [4.78, 5) is 32.1. The molecule has 0 spiro atoms. The first-order valence-electron chi connectivity index (χ1n) is 9.76. The molecule has 34 heavy (non-hydrogen) atoms. The van der Waals surface area contributed by atoms with Crippen LogP contribution in [0.4, 0.5) is 0 Å². The van der Waals surface area contributed by atoms with Crippen molar-refractivity contribution in [3.8, 4) is 0 Å². The number of nitrogens with zero attached hydrogens (tertiary/aromatic N) is 5. The number of phosphoric ester groups is 1. The number of aromatic nitrogens is 3. The fourth-order valence-electron chi connectivity index (χ4n) is 3.51. The molecule has 2 aromatic rings. The van der Waals surface area contributed by atoms with E-state index in [1.807, 2.05) is 4.98 Å². The molecule has 182 valence electrons. The molecule has 0 aliphatic carbocycles. The number of pyridine rings is 1. The molecule has 0 amide bonds. The fourth-order valence-corrected chi connectivity index (χ4v) is 5.30. The standard InChI is InChI=1S/C17H18BrN6O9P/c18-10-5-9(6-20-7-10)11-2-4-30-34(29,33-11)31-8-17(22-23-19)14(27)13(26)15(32-17)24-3-1-12(25)21-16(24)28/h1,3,5-7,11,13-15,26-27H,2,4,8H2,(H,21,25,28)/t11-,13+,14-,15+,17+,34?/m0/s1. The summed E-state index contributed by atoms with van der Waals surface area (Å²) in [6, 6.07) is 2.72. The van der Waals surface area contributed by atoms with E-state index in [0.29, 0.717) is 16.5 Å². The summed E-state index contributed by atoms with van der Waals surface area (Å²) in [5.74, 6) is 0. The number of nitrogens with one attached hydrogen (secondary N) is 1. The van der Waals surface area contributed by atoms with Gasteiger partial charge < -0.3 is 14.9 Å². The van der Waals surface area contributed by atoms with Crippen LogP contribution in [0, 0.1) is 0 Å². The van der Waals surface area contributed by atoms with E-state index in [0.717, 1.165) is 16.8 Å². The molecule has 0 aromatic carbocycles. The van der Waals surface area contributed by atoms with E-state index in [1.165, 1.54) is 6.20 Å². The minimum atomic E-state index is -4.24. The van der Waals surface area contributed by atoms with Gasteiger partial charge in [0.1, 0.15) is 12.2 Å². The zero-order valence-electron chi connectivity index (χ0n) is 17.1. The second-order valence-corrected chi connectivity index (χ2v) is 9.91. The number of azide groups is 1. The van der Waals surface area contributed by atoms with Gasteiger partial charge in [-0.15, -0.1) is 0 Å².